The molecule has 0 saturated heterocycles. The normalized spacial score (nSPS) is 10.2. The van der Waals surface area contributed by atoms with E-state index in [1.165, 1.54) is 12.3 Å². The smallest absolute Gasteiger partial charge is 0.358 e. The van der Waals surface area contributed by atoms with E-state index in [0.717, 1.165) is 6.39 Å². The number of nitrogens with zero attached hydrogens (tertiary/aromatic N) is 2. The maximum absolute atomic E-state index is 10.6. The van der Waals surface area contributed by atoms with Crippen LogP contribution >= 0.6 is 0 Å². The maximum Gasteiger partial charge on any atom is 0.358 e. The Bertz CT molecular complexity index is 417. The molecule has 0 radical (unpaired) electrons. The zero-order chi connectivity index (χ0) is 9.26. The Morgan fingerprint density at radius 1 is 1.54 bits per heavy atom. The molecule has 0 fully saturated rings. The molecular weight excluding hydrogens is 176 g/mol. The van der Waals surface area contributed by atoms with Gasteiger partial charge in [-0.05, 0) is 0 Å². The van der Waals surface area contributed by atoms with Gasteiger partial charge in [-0.3, -0.25) is 0 Å². The summed E-state index contributed by atoms with van der Waals surface area (Å²) in [7, 11) is 0. The van der Waals surface area contributed by atoms with E-state index < -0.39 is 5.97 Å². The number of aromatic carboxylic acids is 1. The third-order valence-electron chi connectivity index (χ3n) is 1.43. The van der Waals surface area contributed by atoms with Crippen LogP contribution in [0, 0.1) is 0 Å². The van der Waals surface area contributed by atoms with Crippen LogP contribution in [0.3, 0.4) is 0 Å². The van der Waals surface area contributed by atoms with Crippen molar-refractivity contribution in [1.29, 1.82) is 0 Å². The molecule has 0 aliphatic rings. The molecule has 2 rings (SSSR count). The summed E-state index contributed by atoms with van der Waals surface area (Å²) in [6, 6.07) is 1.49. The lowest BCUT2D eigenvalue weighted by atomic mass is 10.3. The van der Waals surface area contributed by atoms with Crippen molar-refractivity contribution in [2.24, 2.45) is 0 Å². The van der Waals surface area contributed by atoms with Crippen LogP contribution in [0.4, 0.5) is 0 Å². The Morgan fingerprint density at radius 3 is 3.00 bits per heavy atom. The molecule has 1 N–H and O–H groups in total. The molecule has 0 aliphatic carbocycles. The summed E-state index contributed by atoms with van der Waals surface area (Å²) in [5, 5.41) is 12.1. The van der Waals surface area contributed by atoms with Gasteiger partial charge in [0, 0.05) is 6.07 Å². The van der Waals surface area contributed by atoms with Crippen molar-refractivity contribution < 1.29 is 18.8 Å². The van der Waals surface area contributed by atoms with Crippen molar-refractivity contribution in [3.63, 3.8) is 0 Å². The monoisotopic (exact) mass is 180 g/mol. The molecule has 0 aromatic carbocycles. The topological polar surface area (TPSA) is 89.4 Å². The van der Waals surface area contributed by atoms with Crippen molar-refractivity contribution in [1.82, 2.24) is 10.1 Å². The fourth-order valence-corrected chi connectivity index (χ4v) is 0.906. The summed E-state index contributed by atoms with van der Waals surface area (Å²) in [6.45, 7) is 0. The summed E-state index contributed by atoms with van der Waals surface area (Å²) < 4.78 is 9.57. The average molecular weight is 180 g/mol. The second-order valence-electron chi connectivity index (χ2n) is 2.21. The predicted octanol–water partition coefficient (Wildman–Crippen LogP) is 1.03. The van der Waals surface area contributed by atoms with Gasteiger partial charge in [-0.15, -0.1) is 0 Å². The van der Waals surface area contributed by atoms with Gasteiger partial charge in [-0.25, -0.2) is 9.78 Å². The van der Waals surface area contributed by atoms with Gasteiger partial charge in [0.1, 0.15) is 0 Å². The number of hydrogen-bond acceptors (Lipinski definition) is 5. The zero-order valence-corrected chi connectivity index (χ0v) is 6.30. The molecule has 0 bridgehead atoms. The summed E-state index contributed by atoms with van der Waals surface area (Å²) in [5.74, 6) is -0.847. The second kappa shape index (κ2) is 2.74. The molecule has 2 aromatic heterocycles. The van der Waals surface area contributed by atoms with E-state index >= 15 is 0 Å². The van der Waals surface area contributed by atoms with Crippen LogP contribution in [0.1, 0.15) is 10.5 Å². The molecule has 2 heterocycles. The molecule has 0 unspecified atom stereocenters. The van der Waals surface area contributed by atoms with Crippen molar-refractivity contribution in [2.45, 2.75) is 0 Å². The number of hydrogen-bond donors (Lipinski definition) is 1. The van der Waals surface area contributed by atoms with Gasteiger partial charge >= 0.3 is 5.97 Å². The molecule has 0 spiro atoms. The van der Waals surface area contributed by atoms with Crippen LogP contribution in [-0.2, 0) is 0 Å². The van der Waals surface area contributed by atoms with Crippen LogP contribution in [0.2, 0.25) is 0 Å². The van der Waals surface area contributed by atoms with Gasteiger partial charge in [0.05, 0.1) is 6.20 Å². The van der Waals surface area contributed by atoms with Gasteiger partial charge < -0.3 is 14.0 Å². The van der Waals surface area contributed by atoms with E-state index in [-0.39, 0.29) is 17.2 Å². The highest BCUT2D eigenvalue weighted by molar-refractivity contribution is 5.91. The summed E-state index contributed by atoms with van der Waals surface area (Å²) in [4.78, 5) is 14.1. The highest BCUT2D eigenvalue weighted by Gasteiger charge is 2.19. The van der Waals surface area contributed by atoms with E-state index in [1.54, 1.807) is 0 Å². The molecular formula is C7H4N2O4. The predicted molar refractivity (Wildman–Crippen MR) is 39.0 cm³/mol. The zero-order valence-electron chi connectivity index (χ0n) is 6.30. The van der Waals surface area contributed by atoms with Crippen molar-refractivity contribution in [3.05, 3.63) is 24.4 Å². The number of carboxylic acids is 1. The van der Waals surface area contributed by atoms with E-state index in [9.17, 15) is 4.79 Å². The fraction of sp³-hybridized carbons (Fsp3) is 0. The van der Waals surface area contributed by atoms with Crippen LogP contribution < -0.4 is 0 Å². The van der Waals surface area contributed by atoms with Crippen molar-refractivity contribution in [2.75, 3.05) is 0 Å². The van der Waals surface area contributed by atoms with E-state index in [2.05, 4.69) is 10.1 Å². The third kappa shape index (κ3) is 1.18. The third-order valence-corrected chi connectivity index (χ3v) is 1.43. The lowest BCUT2D eigenvalue weighted by Crippen LogP contribution is -1.97. The molecule has 66 valence electrons. The van der Waals surface area contributed by atoms with E-state index in [4.69, 9.17) is 14.0 Å². The summed E-state index contributed by atoms with van der Waals surface area (Å²) >= 11 is 0. The fourth-order valence-electron chi connectivity index (χ4n) is 0.906. The Labute approximate surface area is 71.8 Å². The molecule has 0 saturated carbocycles. The SMILES string of the molecule is O=C(O)c1ncoc1-c1ccno1. The van der Waals surface area contributed by atoms with Crippen LogP contribution in [0.15, 0.2) is 27.6 Å². The van der Waals surface area contributed by atoms with Crippen molar-refractivity contribution >= 4 is 5.97 Å². The van der Waals surface area contributed by atoms with Gasteiger partial charge in [-0.1, -0.05) is 5.16 Å². The van der Waals surface area contributed by atoms with Gasteiger partial charge in [0.15, 0.2) is 12.1 Å². The standard InChI is InChI=1S/C7H4N2O4/c10-7(11)5-6(12-3-8-5)4-1-2-9-13-4/h1-3H,(H,10,11). The first kappa shape index (κ1) is 7.53. The number of aromatic nitrogens is 2. The molecule has 6 nitrogen and oxygen atoms in total. The Balaban J connectivity index is 2.52. The first-order valence-corrected chi connectivity index (χ1v) is 3.37. The average Bonchev–Trinajstić information content (AvgIpc) is 2.74. The minimum Gasteiger partial charge on any atom is -0.476 e. The van der Waals surface area contributed by atoms with Gasteiger partial charge in [-0.2, -0.15) is 0 Å². The van der Waals surface area contributed by atoms with Gasteiger partial charge in [0.2, 0.25) is 11.5 Å². The number of oxazole rings is 1. The van der Waals surface area contributed by atoms with Crippen LogP contribution in [0.25, 0.3) is 11.5 Å². The van der Waals surface area contributed by atoms with Crippen molar-refractivity contribution in [3.8, 4) is 11.5 Å². The lowest BCUT2D eigenvalue weighted by molar-refractivity contribution is 0.0691. The summed E-state index contributed by atoms with van der Waals surface area (Å²) in [5.41, 5.74) is -0.184. The molecule has 0 amide bonds. The lowest BCUT2D eigenvalue weighted by Gasteiger charge is -1.89. The van der Waals surface area contributed by atoms with Crippen LogP contribution in [-0.4, -0.2) is 21.2 Å². The number of rotatable bonds is 2. The Hall–Kier alpha value is -2.11. The second-order valence-corrected chi connectivity index (χ2v) is 2.21. The highest BCUT2D eigenvalue weighted by atomic mass is 16.5. The molecule has 6 heteroatoms. The van der Waals surface area contributed by atoms with Gasteiger partial charge in [0.25, 0.3) is 0 Å². The number of carbonyl (C=O) groups is 1. The highest BCUT2D eigenvalue weighted by Crippen LogP contribution is 2.21. The minimum atomic E-state index is -1.17. The Morgan fingerprint density at radius 2 is 2.38 bits per heavy atom. The van der Waals surface area contributed by atoms with E-state index in [0.29, 0.717) is 0 Å². The molecule has 13 heavy (non-hydrogen) atoms. The molecule has 2 aromatic rings. The quantitative estimate of drug-likeness (QED) is 0.742. The number of carboxylic acid groups (broad SMARTS) is 1. The maximum atomic E-state index is 10.6. The Kier molecular flexibility index (Phi) is 1.59. The molecule has 0 aliphatic heterocycles. The first-order chi connectivity index (χ1) is 6.29. The van der Waals surface area contributed by atoms with E-state index in [1.807, 2.05) is 0 Å². The first-order valence-electron chi connectivity index (χ1n) is 3.37. The minimum absolute atomic E-state index is 0.0741. The largest absolute Gasteiger partial charge is 0.476 e. The summed E-state index contributed by atoms with van der Waals surface area (Å²) in [6.07, 6.45) is 2.44. The van der Waals surface area contributed by atoms with Crippen LogP contribution in [0.5, 0.6) is 0 Å². The molecule has 0 atom stereocenters.